The monoisotopic (exact) mass is 256 g/mol. The van der Waals surface area contributed by atoms with E-state index in [4.69, 9.17) is 15.0 Å². The first kappa shape index (κ1) is 12.8. The zero-order valence-corrected chi connectivity index (χ0v) is 10.5. The first-order valence-electron chi connectivity index (χ1n) is 5.95. The lowest BCUT2D eigenvalue weighted by atomic mass is 10.2. The third kappa shape index (κ3) is 2.78. The molecule has 2 aromatic rings. The summed E-state index contributed by atoms with van der Waals surface area (Å²) in [6, 6.07) is 3.82. The molecule has 0 bridgehead atoms. The average molecular weight is 256 g/mol. The van der Waals surface area contributed by atoms with Gasteiger partial charge in [-0.3, -0.25) is 0 Å². The molecule has 0 saturated carbocycles. The van der Waals surface area contributed by atoms with Crippen LogP contribution in [-0.2, 0) is 13.0 Å². The van der Waals surface area contributed by atoms with Gasteiger partial charge >= 0.3 is 0 Å². The van der Waals surface area contributed by atoms with Crippen LogP contribution >= 0.6 is 0 Å². The van der Waals surface area contributed by atoms with Crippen LogP contribution in [0, 0.1) is 22.7 Å². The molecule has 7 nitrogen and oxygen atoms in total. The third-order valence-electron chi connectivity index (χ3n) is 2.62. The minimum Gasteiger partial charge on any atom is -0.339 e. The fourth-order valence-corrected chi connectivity index (χ4v) is 1.64. The third-order valence-corrected chi connectivity index (χ3v) is 2.62. The quantitative estimate of drug-likeness (QED) is 0.800. The Morgan fingerprint density at radius 2 is 2.21 bits per heavy atom. The second kappa shape index (κ2) is 5.78. The van der Waals surface area contributed by atoms with Crippen molar-refractivity contribution in [3.05, 3.63) is 29.4 Å². The highest BCUT2D eigenvalue weighted by atomic mass is 16.5. The van der Waals surface area contributed by atoms with Crippen LogP contribution in [0.3, 0.4) is 0 Å². The fraction of sp³-hybridized carbons (Fsp3) is 0.417. The molecule has 0 aliphatic carbocycles. The first-order valence-corrected chi connectivity index (χ1v) is 5.95. The zero-order valence-electron chi connectivity index (χ0n) is 10.5. The first-order chi connectivity index (χ1) is 9.28. The largest absolute Gasteiger partial charge is 0.339 e. The molecule has 0 fully saturated rings. The number of aryl methyl sites for hydroxylation is 1. The van der Waals surface area contributed by atoms with Gasteiger partial charge in [0, 0.05) is 6.42 Å². The maximum absolute atomic E-state index is 8.99. The van der Waals surface area contributed by atoms with Gasteiger partial charge in [-0.25, -0.2) is 4.98 Å². The van der Waals surface area contributed by atoms with Gasteiger partial charge in [-0.15, -0.1) is 0 Å². The van der Waals surface area contributed by atoms with Crippen LogP contribution in [0.5, 0.6) is 0 Å². The van der Waals surface area contributed by atoms with Crippen molar-refractivity contribution in [3.8, 4) is 12.1 Å². The molecule has 96 valence electrons. The number of imidazole rings is 1. The number of nitrogens with zero attached hydrogens (tertiary/aromatic N) is 6. The van der Waals surface area contributed by atoms with Gasteiger partial charge in [-0.1, -0.05) is 18.5 Å². The van der Waals surface area contributed by atoms with Crippen molar-refractivity contribution < 1.29 is 4.52 Å². The molecular weight excluding hydrogens is 244 g/mol. The molecule has 19 heavy (non-hydrogen) atoms. The van der Waals surface area contributed by atoms with E-state index >= 15 is 0 Å². The van der Waals surface area contributed by atoms with E-state index in [1.807, 2.05) is 12.1 Å². The highest BCUT2D eigenvalue weighted by Crippen LogP contribution is 2.09. The lowest BCUT2D eigenvalue weighted by Gasteiger charge is -1.97. The molecule has 0 spiro atoms. The van der Waals surface area contributed by atoms with E-state index in [1.54, 1.807) is 0 Å². The minimum absolute atomic E-state index is 0.109. The predicted octanol–water partition coefficient (Wildman–Crippen LogP) is 1.40. The Bertz CT molecular complexity index is 642. The number of rotatable bonds is 5. The average Bonchev–Trinajstić information content (AvgIpc) is 3.03. The summed E-state index contributed by atoms with van der Waals surface area (Å²) in [7, 11) is 0. The van der Waals surface area contributed by atoms with E-state index < -0.39 is 0 Å². The van der Waals surface area contributed by atoms with Gasteiger partial charge in [0.15, 0.2) is 17.2 Å². The van der Waals surface area contributed by atoms with Crippen LogP contribution < -0.4 is 0 Å². The Morgan fingerprint density at radius 1 is 1.37 bits per heavy atom. The van der Waals surface area contributed by atoms with E-state index in [-0.39, 0.29) is 17.9 Å². The van der Waals surface area contributed by atoms with E-state index in [1.165, 1.54) is 10.9 Å². The predicted molar refractivity (Wildman–Crippen MR) is 63.7 cm³/mol. The summed E-state index contributed by atoms with van der Waals surface area (Å²) >= 11 is 0. The van der Waals surface area contributed by atoms with Crippen LogP contribution in [0.4, 0.5) is 0 Å². The van der Waals surface area contributed by atoms with Crippen molar-refractivity contribution in [3.63, 3.8) is 0 Å². The summed E-state index contributed by atoms with van der Waals surface area (Å²) in [5.41, 5.74) is 0.319. The lowest BCUT2D eigenvalue weighted by Crippen LogP contribution is -2.03. The normalized spacial score (nSPS) is 10.1. The molecule has 0 unspecified atom stereocenters. The zero-order chi connectivity index (χ0) is 13.7. The van der Waals surface area contributed by atoms with Crippen LogP contribution in [0.25, 0.3) is 0 Å². The maximum atomic E-state index is 8.99. The molecule has 0 saturated heterocycles. The Kier molecular flexibility index (Phi) is 3.89. The van der Waals surface area contributed by atoms with E-state index in [0.29, 0.717) is 11.7 Å². The molecule has 7 heteroatoms. The minimum atomic E-state index is 0.109. The fourth-order valence-electron chi connectivity index (χ4n) is 1.64. The number of hydrogen-bond acceptors (Lipinski definition) is 6. The summed E-state index contributed by atoms with van der Waals surface area (Å²) in [5, 5.41) is 21.6. The smallest absolute Gasteiger partial charge is 0.226 e. The van der Waals surface area contributed by atoms with Crippen LogP contribution in [0.15, 0.2) is 10.9 Å². The van der Waals surface area contributed by atoms with E-state index in [9.17, 15) is 0 Å². The van der Waals surface area contributed by atoms with Gasteiger partial charge in [0.2, 0.25) is 5.89 Å². The molecule has 0 aromatic carbocycles. The summed E-state index contributed by atoms with van der Waals surface area (Å²) in [6.07, 6.45) is 4.24. The van der Waals surface area contributed by atoms with Crippen molar-refractivity contribution in [2.45, 2.75) is 32.7 Å². The summed E-state index contributed by atoms with van der Waals surface area (Å²) < 4.78 is 6.64. The maximum Gasteiger partial charge on any atom is 0.226 e. The second-order valence-electron chi connectivity index (χ2n) is 4.00. The standard InChI is InChI=1S/C12H12N6O/c1-2-3-4-12-16-11(17-19-12)7-18-8-15-9(5-13)10(18)6-14/h8H,2-4,7H2,1H3. The molecule has 0 aliphatic heterocycles. The van der Waals surface area contributed by atoms with Crippen molar-refractivity contribution in [1.29, 1.82) is 10.5 Å². The van der Waals surface area contributed by atoms with Gasteiger partial charge in [-0.05, 0) is 6.42 Å². The highest BCUT2D eigenvalue weighted by Gasteiger charge is 2.13. The molecule has 0 aliphatic rings. The van der Waals surface area contributed by atoms with Gasteiger partial charge < -0.3 is 9.09 Å². The molecule has 0 radical (unpaired) electrons. The Labute approximate surface area is 110 Å². The van der Waals surface area contributed by atoms with E-state index in [2.05, 4.69) is 22.0 Å². The number of aromatic nitrogens is 4. The number of hydrogen-bond donors (Lipinski definition) is 0. The summed E-state index contributed by atoms with van der Waals surface area (Å²) in [6.45, 7) is 2.36. The molecule has 0 amide bonds. The van der Waals surface area contributed by atoms with Gasteiger partial charge in [-0.2, -0.15) is 15.5 Å². The van der Waals surface area contributed by atoms with Crippen LogP contribution in [0.2, 0.25) is 0 Å². The Hall–Kier alpha value is -2.67. The Morgan fingerprint density at radius 3 is 2.89 bits per heavy atom. The molecule has 2 aromatic heterocycles. The van der Waals surface area contributed by atoms with Crippen molar-refractivity contribution in [1.82, 2.24) is 19.7 Å². The van der Waals surface area contributed by atoms with Crippen LogP contribution in [-0.4, -0.2) is 19.7 Å². The van der Waals surface area contributed by atoms with E-state index in [0.717, 1.165) is 19.3 Å². The number of unbranched alkanes of at least 4 members (excludes halogenated alkanes) is 1. The molecule has 0 N–H and O–H groups in total. The van der Waals surface area contributed by atoms with Crippen molar-refractivity contribution >= 4 is 0 Å². The van der Waals surface area contributed by atoms with Crippen LogP contribution in [0.1, 0.15) is 42.9 Å². The van der Waals surface area contributed by atoms with Crippen molar-refractivity contribution in [2.75, 3.05) is 0 Å². The molecule has 2 rings (SSSR count). The molecular formula is C12H12N6O. The van der Waals surface area contributed by atoms with Crippen molar-refractivity contribution in [2.24, 2.45) is 0 Å². The van der Waals surface area contributed by atoms with Gasteiger partial charge in [0.05, 0.1) is 12.9 Å². The summed E-state index contributed by atoms with van der Waals surface area (Å²) in [4.78, 5) is 8.09. The highest BCUT2D eigenvalue weighted by molar-refractivity contribution is 5.36. The summed E-state index contributed by atoms with van der Waals surface area (Å²) in [5.74, 6) is 1.07. The second-order valence-corrected chi connectivity index (χ2v) is 4.00. The topological polar surface area (TPSA) is 104 Å². The lowest BCUT2D eigenvalue weighted by molar-refractivity contribution is 0.369. The van der Waals surface area contributed by atoms with Gasteiger partial charge in [0.1, 0.15) is 12.1 Å². The molecule has 0 atom stereocenters. The molecule has 2 heterocycles. The SMILES string of the molecule is CCCCc1nc(Cn2cnc(C#N)c2C#N)no1. The van der Waals surface area contributed by atoms with Gasteiger partial charge in [0.25, 0.3) is 0 Å². The Balaban J connectivity index is 2.14. The number of nitriles is 2.